The molecule has 1 aromatic carbocycles. The first kappa shape index (κ1) is 21.3. The zero-order valence-electron chi connectivity index (χ0n) is 16.5. The number of methoxy groups -OCH3 is 1. The van der Waals surface area contributed by atoms with Gasteiger partial charge in [0, 0.05) is 38.9 Å². The normalized spacial score (nSPS) is 13.0. The highest BCUT2D eigenvalue weighted by atomic mass is 16.5. The Balaban J connectivity index is 2.81. The Morgan fingerprint density at radius 1 is 1.32 bits per heavy atom. The van der Waals surface area contributed by atoms with Crippen LogP contribution in [-0.4, -0.2) is 49.8 Å². The topological polar surface area (TPSA) is 57.1 Å². The van der Waals surface area contributed by atoms with Crippen LogP contribution < -0.4 is 10.1 Å². The fraction of sp³-hybridized carbons (Fsp3) is 0.650. The molecule has 1 atom stereocenters. The van der Waals surface area contributed by atoms with Gasteiger partial charge in [0.05, 0.1) is 7.11 Å². The van der Waals surface area contributed by atoms with Crippen molar-refractivity contribution in [3.8, 4) is 5.75 Å². The first-order valence-electron chi connectivity index (χ1n) is 9.23. The van der Waals surface area contributed by atoms with Crippen LogP contribution in [0.25, 0.3) is 0 Å². The summed E-state index contributed by atoms with van der Waals surface area (Å²) in [5.74, 6) is 2.81. The van der Waals surface area contributed by atoms with Gasteiger partial charge in [-0.1, -0.05) is 32.0 Å². The number of benzene rings is 1. The highest BCUT2D eigenvalue weighted by Gasteiger charge is 2.13. The summed E-state index contributed by atoms with van der Waals surface area (Å²) in [6.07, 6.45) is 1.89. The Labute approximate surface area is 153 Å². The number of nitrogens with one attached hydrogen (secondary N) is 1. The number of nitrogens with zero attached hydrogens (tertiary/aromatic N) is 2. The minimum absolute atomic E-state index is 0.223. The second-order valence-corrected chi connectivity index (χ2v) is 6.87. The van der Waals surface area contributed by atoms with Gasteiger partial charge in [-0.3, -0.25) is 4.99 Å². The first-order chi connectivity index (χ1) is 12.0. The third kappa shape index (κ3) is 7.78. The van der Waals surface area contributed by atoms with E-state index in [-0.39, 0.29) is 6.61 Å². The summed E-state index contributed by atoms with van der Waals surface area (Å²) in [7, 11) is 3.74. The maximum Gasteiger partial charge on any atom is 0.193 e. The molecular formula is C20H35N3O2. The van der Waals surface area contributed by atoms with Gasteiger partial charge in [0.2, 0.25) is 0 Å². The molecule has 0 bridgehead atoms. The maximum atomic E-state index is 9.29. The number of aliphatic hydroxyl groups excluding tert-OH is 1. The second kappa shape index (κ2) is 11.7. The highest BCUT2D eigenvalue weighted by molar-refractivity contribution is 5.79. The van der Waals surface area contributed by atoms with Crippen molar-refractivity contribution in [2.75, 3.05) is 33.9 Å². The van der Waals surface area contributed by atoms with E-state index < -0.39 is 0 Å². The number of aliphatic hydroxyl groups is 1. The van der Waals surface area contributed by atoms with E-state index in [1.54, 1.807) is 7.11 Å². The van der Waals surface area contributed by atoms with Gasteiger partial charge in [-0.25, -0.2) is 0 Å². The minimum atomic E-state index is 0.223. The van der Waals surface area contributed by atoms with E-state index in [1.165, 1.54) is 0 Å². The molecule has 0 aromatic heterocycles. The number of guanidine groups is 1. The number of rotatable bonds is 10. The molecule has 0 aliphatic heterocycles. The fourth-order valence-corrected chi connectivity index (χ4v) is 2.98. The Bertz CT molecular complexity index is 517. The van der Waals surface area contributed by atoms with Crippen LogP contribution in [0.5, 0.6) is 5.75 Å². The summed E-state index contributed by atoms with van der Waals surface area (Å²) < 4.78 is 5.45. The van der Waals surface area contributed by atoms with Crippen LogP contribution in [0, 0.1) is 11.8 Å². The molecule has 0 saturated heterocycles. The minimum Gasteiger partial charge on any atom is -0.496 e. The van der Waals surface area contributed by atoms with Gasteiger partial charge in [-0.05, 0) is 37.7 Å². The number of hydrogen-bond acceptors (Lipinski definition) is 3. The lowest BCUT2D eigenvalue weighted by Crippen LogP contribution is -2.39. The molecule has 0 amide bonds. The number of para-hydroxylation sites is 1. The number of ether oxygens (including phenoxy) is 1. The second-order valence-electron chi connectivity index (χ2n) is 6.87. The van der Waals surface area contributed by atoms with Gasteiger partial charge in [-0.15, -0.1) is 0 Å². The van der Waals surface area contributed by atoms with Crippen molar-refractivity contribution >= 4 is 5.96 Å². The third-order valence-corrected chi connectivity index (χ3v) is 4.14. The fourth-order valence-electron chi connectivity index (χ4n) is 2.98. The molecule has 0 aliphatic rings. The van der Waals surface area contributed by atoms with Crippen LogP contribution >= 0.6 is 0 Å². The first-order valence-corrected chi connectivity index (χ1v) is 9.23. The van der Waals surface area contributed by atoms with Crippen LogP contribution in [0.3, 0.4) is 0 Å². The molecule has 142 valence electrons. The summed E-state index contributed by atoms with van der Waals surface area (Å²) in [5, 5.41) is 12.7. The van der Waals surface area contributed by atoms with Crippen molar-refractivity contribution < 1.29 is 9.84 Å². The Hall–Kier alpha value is -1.75. The molecule has 5 heteroatoms. The predicted molar refractivity (Wildman–Crippen MR) is 105 cm³/mol. The monoisotopic (exact) mass is 349 g/mol. The molecule has 2 N–H and O–H groups in total. The summed E-state index contributed by atoms with van der Waals surface area (Å²) in [6, 6.07) is 8.06. The van der Waals surface area contributed by atoms with Crippen molar-refractivity contribution in [3.05, 3.63) is 29.8 Å². The van der Waals surface area contributed by atoms with Crippen LogP contribution in [-0.2, 0) is 6.54 Å². The lowest BCUT2D eigenvalue weighted by molar-refractivity contribution is 0.245. The molecule has 0 heterocycles. The maximum absolute atomic E-state index is 9.29. The molecule has 5 nitrogen and oxygen atoms in total. The standard InChI is InChI=1S/C20H35N3O2/c1-6-21-20(22-14-17(11-12-24)13-16(2)3)23(4)15-18-9-7-8-10-19(18)25-5/h7-10,16-17,24H,6,11-15H2,1-5H3,(H,21,22). The van der Waals surface area contributed by atoms with E-state index in [1.807, 2.05) is 25.2 Å². The van der Waals surface area contributed by atoms with Crippen molar-refractivity contribution in [1.29, 1.82) is 0 Å². The average Bonchev–Trinajstić information content (AvgIpc) is 2.58. The van der Waals surface area contributed by atoms with Crippen LogP contribution in [0.4, 0.5) is 0 Å². The molecule has 1 aromatic rings. The van der Waals surface area contributed by atoms with Crippen molar-refractivity contribution in [2.45, 2.75) is 40.2 Å². The van der Waals surface area contributed by atoms with Crippen LogP contribution in [0.1, 0.15) is 39.2 Å². The molecule has 0 spiro atoms. The number of aliphatic imine (C=N–C) groups is 1. The third-order valence-electron chi connectivity index (χ3n) is 4.14. The Kier molecular flexibility index (Phi) is 10.0. The SMILES string of the molecule is CCNC(=NCC(CCO)CC(C)C)N(C)Cc1ccccc1OC. The molecular weight excluding hydrogens is 314 g/mol. The molecule has 1 unspecified atom stereocenters. The van der Waals surface area contributed by atoms with E-state index >= 15 is 0 Å². The van der Waals surface area contributed by atoms with Gasteiger partial charge in [-0.2, -0.15) is 0 Å². The van der Waals surface area contributed by atoms with Crippen LogP contribution in [0.15, 0.2) is 29.3 Å². The molecule has 25 heavy (non-hydrogen) atoms. The smallest absolute Gasteiger partial charge is 0.193 e. The summed E-state index contributed by atoms with van der Waals surface area (Å²) >= 11 is 0. The van der Waals surface area contributed by atoms with Gasteiger partial charge >= 0.3 is 0 Å². The summed E-state index contributed by atoms with van der Waals surface area (Å²) in [4.78, 5) is 6.93. The van der Waals surface area contributed by atoms with Crippen LogP contribution in [0.2, 0.25) is 0 Å². The van der Waals surface area contributed by atoms with Crippen molar-refractivity contribution in [3.63, 3.8) is 0 Å². The van der Waals surface area contributed by atoms with Gasteiger partial charge in [0.1, 0.15) is 5.75 Å². The Morgan fingerprint density at radius 2 is 2.04 bits per heavy atom. The Morgan fingerprint density at radius 3 is 2.64 bits per heavy atom. The van der Waals surface area contributed by atoms with Gasteiger partial charge in [0.25, 0.3) is 0 Å². The zero-order chi connectivity index (χ0) is 18.7. The molecule has 1 rings (SSSR count). The van der Waals surface area contributed by atoms with E-state index in [4.69, 9.17) is 9.73 Å². The van der Waals surface area contributed by atoms with Crippen molar-refractivity contribution in [1.82, 2.24) is 10.2 Å². The van der Waals surface area contributed by atoms with Crippen molar-refractivity contribution in [2.24, 2.45) is 16.8 Å². The highest BCUT2D eigenvalue weighted by Crippen LogP contribution is 2.19. The lowest BCUT2D eigenvalue weighted by Gasteiger charge is -2.24. The molecule has 0 fully saturated rings. The quantitative estimate of drug-likeness (QED) is 0.503. The van der Waals surface area contributed by atoms with E-state index in [0.717, 1.165) is 49.7 Å². The predicted octanol–water partition coefficient (Wildman–Crippen LogP) is 3.14. The largest absolute Gasteiger partial charge is 0.496 e. The average molecular weight is 350 g/mol. The molecule has 0 saturated carbocycles. The van der Waals surface area contributed by atoms with E-state index in [2.05, 4.69) is 37.1 Å². The summed E-state index contributed by atoms with van der Waals surface area (Å²) in [6.45, 7) is 9.01. The molecule has 0 radical (unpaired) electrons. The zero-order valence-corrected chi connectivity index (χ0v) is 16.5. The van der Waals surface area contributed by atoms with Gasteiger partial charge in [0.15, 0.2) is 5.96 Å². The van der Waals surface area contributed by atoms with E-state index in [9.17, 15) is 5.11 Å². The van der Waals surface area contributed by atoms with E-state index in [0.29, 0.717) is 11.8 Å². The lowest BCUT2D eigenvalue weighted by atomic mass is 9.94. The summed E-state index contributed by atoms with van der Waals surface area (Å²) in [5.41, 5.74) is 1.13. The van der Waals surface area contributed by atoms with Gasteiger partial charge < -0.3 is 20.1 Å². The number of hydrogen-bond donors (Lipinski definition) is 2. The molecule has 0 aliphatic carbocycles.